The predicted molar refractivity (Wildman–Crippen MR) is 67.7 cm³/mol. The number of ether oxygens (including phenoxy) is 1. The zero-order chi connectivity index (χ0) is 12.8. The van der Waals surface area contributed by atoms with E-state index in [4.69, 9.17) is 4.74 Å². The third kappa shape index (κ3) is 4.31. The molecule has 16 heavy (non-hydrogen) atoms. The highest BCUT2D eigenvalue weighted by Gasteiger charge is 2.29. The summed E-state index contributed by atoms with van der Waals surface area (Å²) >= 11 is 1.60. The SMILES string of the molecule is CC.COC(=O)C(C)(C)Cc1csc(C)n1. The molecule has 0 radical (unpaired) electrons. The Hall–Kier alpha value is -0.900. The molecule has 0 aliphatic carbocycles. The molecule has 0 atom stereocenters. The number of thiazole rings is 1. The van der Waals surface area contributed by atoms with Crippen LogP contribution in [0.1, 0.15) is 38.4 Å². The molecule has 0 spiro atoms. The molecule has 0 aliphatic rings. The van der Waals surface area contributed by atoms with E-state index in [1.54, 1.807) is 11.3 Å². The Morgan fingerprint density at radius 3 is 2.44 bits per heavy atom. The minimum atomic E-state index is -0.491. The summed E-state index contributed by atoms with van der Waals surface area (Å²) in [6, 6.07) is 0. The van der Waals surface area contributed by atoms with Crippen LogP contribution < -0.4 is 0 Å². The first-order valence-electron chi connectivity index (χ1n) is 5.45. The summed E-state index contributed by atoms with van der Waals surface area (Å²) in [7, 11) is 1.41. The lowest BCUT2D eigenvalue weighted by molar-refractivity contribution is -0.150. The van der Waals surface area contributed by atoms with Crippen molar-refractivity contribution in [3.8, 4) is 0 Å². The molecule has 0 bridgehead atoms. The van der Waals surface area contributed by atoms with E-state index < -0.39 is 5.41 Å². The molecule has 0 fully saturated rings. The molecule has 0 unspecified atom stereocenters. The number of aromatic nitrogens is 1. The molecule has 1 aromatic rings. The summed E-state index contributed by atoms with van der Waals surface area (Å²) in [5, 5.41) is 3.01. The molecular weight excluding hydrogens is 222 g/mol. The molecule has 4 heteroatoms. The van der Waals surface area contributed by atoms with Crippen molar-refractivity contribution in [1.82, 2.24) is 4.98 Å². The number of hydrogen-bond donors (Lipinski definition) is 0. The lowest BCUT2D eigenvalue weighted by atomic mass is 9.88. The summed E-state index contributed by atoms with van der Waals surface area (Å²) in [6.07, 6.45) is 0.629. The van der Waals surface area contributed by atoms with E-state index >= 15 is 0 Å². The molecule has 3 nitrogen and oxygen atoms in total. The van der Waals surface area contributed by atoms with Gasteiger partial charge in [0.25, 0.3) is 0 Å². The number of aryl methyl sites for hydroxylation is 1. The number of carbonyl (C=O) groups excluding carboxylic acids is 1. The summed E-state index contributed by atoms with van der Waals surface area (Å²) < 4.78 is 4.73. The first-order chi connectivity index (χ1) is 7.45. The number of methoxy groups -OCH3 is 1. The van der Waals surface area contributed by atoms with Crippen LogP contribution >= 0.6 is 11.3 Å². The van der Waals surface area contributed by atoms with Gasteiger partial charge in [0.1, 0.15) is 0 Å². The molecule has 0 saturated carbocycles. The summed E-state index contributed by atoms with van der Waals surface area (Å²) in [5.41, 5.74) is 0.470. The van der Waals surface area contributed by atoms with E-state index in [1.807, 2.05) is 40.0 Å². The number of nitrogens with zero attached hydrogens (tertiary/aromatic N) is 1. The fraction of sp³-hybridized carbons (Fsp3) is 0.667. The predicted octanol–water partition coefficient (Wildman–Crippen LogP) is 3.22. The van der Waals surface area contributed by atoms with Crippen molar-refractivity contribution in [1.29, 1.82) is 0 Å². The van der Waals surface area contributed by atoms with Gasteiger partial charge in [0.05, 0.1) is 23.2 Å². The highest BCUT2D eigenvalue weighted by Crippen LogP contribution is 2.24. The van der Waals surface area contributed by atoms with E-state index in [9.17, 15) is 4.79 Å². The van der Waals surface area contributed by atoms with Gasteiger partial charge in [0.15, 0.2) is 0 Å². The summed E-state index contributed by atoms with van der Waals surface area (Å²) in [4.78, 5) is 15.7. The number of rotatable bonds is 3. The maximum Gasteiger partial charge on any atom is 0.311 e. The second-order valence-electron chi connectivity index (χ2n) is 3.91. The van der Waals surface area contributed by atoms with Crippen LogP contribution in [0, 0.1) is 12.3 Å². The average Bonchev–Trinajstić information content (AvgIpc) is 2.64. The van der Waals surface area contributed by atoms with Crippen molar-refractivity contribution in [2.45, 2.75) is 41.0 Å². The molecular formula is C12H21NO2S. The van der Waals surface area contributed by atoms with Gasteiger partial charge in [0.2, 0.25) is 0 Å². The molecule has 0 saturated heterocycles. The molecule has 1 heterocycles. The van der Waals surface area contributed by atoms with Crippen molar-refractivity contribution in [3.63, 3.8) is 0 Å². The highest BCUT2D eigenvalue weighted by atomic mass is 32.1. The molecule has 92 valence electrons. The van der Waals surface area contributed by atoms with Crippen LogP contribution in [0.15, 0.2) is 5.38 Å². The topological polar surface area (TPSA) is 39.2 Å². The van der Waals surface area contributed by atoms with Gasteiger partial charge in [0, 0.05) is 11.8 Å². The van der Waals surface area contributed by atoms with Gasteiger partial charge in [-0.05, 0) is 20.8 Å². The lowest BCUT2D eigenvalue weighted by Crippen LogP contribution is -2.28. The zero-order valence-electron chi connectivity index (χ0n) is 11.0. The average molecular weight is 243 g/mol. The van der Waals surface area contributed by atoms with Crippen molar-refractivity contribution >= 4 is 17.3 Å². The third-order valence-electron chi connectivity index (χ3n) is 2.03. The van der Waals surface area contributed by atoms with Gasteiger partial charge in [-0.25, -0.2) is 4.98 Å². The van der Waals surface area contributed by atoms with Crippen molar-refractivity contribution < 1.29 is 9.53 Å². The van der Waals surface area contributed by atoms with Crippen LogP contribution in [-0.4, -0.2) is 18.1 Å². The van der Waals surface area contributed by atoms with E-state index in [0.29, 0.717) is 6.42 Å². The summed E-state index contributed by atoms with van der Waals surface area (Å²) in [6.45, 7) is 9.69. The molecule has 0 amide bonds. The van der Waals surface area contributed by atoms with E-state index in [-0.39, 0.29) is 5.97 Å². The second-order valence-corrected chi connectivity index (χ2v) is 4.97. The van der Waals surface area contributed by atoms with Gasteiger partial charge >= 0.3 is 5.97 Å². The normalized spacial score (nSPS) is 10.4. The van der Waals surface area contributed by atoms with Crippen LogP contribution in [-0.2, 0) is 16.0 Å². The Morgan fingerprint density at radius 2 is 2.06 bits per heavy atom. The second kappa shape index (κ2) is 6.63. The van der Waals surface area contributed by atoms with Gasteiger partial charge in [-0.3, -0.25) is 4.79 Å². The number of esters is 1. The van der Waals surface area contributed by atoms with Crippen LogP contribution in [0.3, 0.4) is 0 Å². The Labute approximate surface area is 102 Å². The van der Waals surface area contributed by atoms with E-state index in [0.717, 1.165) is 10.7 Å². The number of carbonyl (C=O) groups is 1. The van der Waals surface area contributed by atoms with Gasteiger partial charge in [-0.2, -0.15) is 0 Å². The van der Waals surface area contributed by atoms with Crippen LogP contribution in [0.5, 0.6) is 0 Å². The highest BCUT2D eigenvalue weighted by molar-refractivity contribution is 7.09. The Bertz CT molecular complexity index is 332. The van der Waals surface area contributed by atoms with Crippen molar-refractivity contribution in [2.75, 3.05) is 7.11 Å². The minimum absolute atomic E-state index is 0.192. The van der Waals surface area contributed by atoms with E-state index in [2.05, 4.69) is 4.98 Å². The van der Waals surface area contributed by atoms with Crippen LogP contribution in [0.2, 0.25) is 0 Å². The van der Waals surface area contributed by atoms with Gasteiger partial charge in [-0.1, -0.05) is 13.8 Å². The molecule has 1 aromatic heterocycles. The molecule has 1 rings (SSSR count). The summed E-state index contributed by atoms with van der Waals surface area (Å²) in [5.74, 6) is -0.192. The minimum Gasteiger partial charge on any atom is -0.469 e. The maximum absolute atomic E-state index is 11.4. The lowest BCUT2D eigenvalue weighted by Gasteiger charge is -2.19. The number of hydrogen-bond acceptors (Lipinski definition) is 4. The zero-order valence-corrected chi connectivity index (χ0v) is 11.8. The molecule has 0 aliphatic heterocycles. The first kappa shape index (κ1) is 15.1. The van der Waals surface area contributed by atoms with Crippen molar-refractivity contribution in [3.05, 3.63) is 16.1 Å². The Morgan fingerprint density at radius 1 is 1.50 bits per heavy atom. The monoisotopic (exact) mass is 243 g/mol. The molecule has 0 aromatic carbocycles. The maximum atomic E-state index is 11.4. The largest absolute Gasteiger partial charge is 0.469 e. The third-order valence-corrected chi connectivity index (χ3v) is 2.85. The van der Waals surface area contributed by atoms with Gasteiger partial charge in [-0.15, -0.1) is 11.3 Å². The first-order valence-corrected chi connectivity index (χ1v) is 6.33. The van der Waals surface area contributed by atoms with Gasteiger partial charge < -0.3 is 4.74 Å². The standard InChI is InChI=1S/C10H15NO2S.C2H6/c1-7-11-8(6-14-7)5-10(2,3)9(12)13-4;1-2/h6H,5H2,1-4H3;1-2H3. The van der Waals surface area contributed by atoms with Crippen LogP contribution in [0.25, 0.3) is 0 Å². The fourth-order valence-corrected chi connectivity index (χ4v) is 1.90. The quantitative estimate of drug-likeness (QED) is 0.765. The van der Waals surface area contributed by atoms with E-state index in [1.165, 1.54) is 7.11 Å². The van der Waals surface area contributed by atoms with Crippen molar-refractivity contribution in [2.24, 2.45) is 5.41 Å². The Balaban J connectivity index is 0.00000106. The fourth-order valence-electron chi connectivity index (χ4n) is 1.29. The Kier molecular flexibility index (Phi) is 6.26. The molecule has 0 N–H and O–H groups in total. The van der Waals surface area contributed by atoms with Crippen LogP contribution in [0.4, 0.5) is 0 Å². The smallest absolute Gasteiger partial charge is 0.311 e.